The molecule has 0 radical (unpaired) electrons. The van der Waals surface area contributed by atoms with Gasteiger partial charge < -0.3 is 22.6 Å². The van der Waals surface area contributed by atoms with Crippen molar-refractivity contribution in [1.82, 2.24) is 0 Å². The third kappa shape index (κ3) is 5.07. The van der Waals surface area contributed by atoms with Crippen LogP contribution in [-0.2, 0) is 11.2 Å². The normalized spacial score (nSPS) is 10.0. The van der Waals surface area contributed by atoms with E-state index in [-0.39, 0.29) is 18.3 Å². The highest BCUT2D eigenvalue weighted by molar-refractivity contribution is 5.92. The van der Waals surface area contributed by atoms with Crippen LogP contribution in [0, 0.1) is 0 Å². The van der Waals surface area contributed by atoms with Crippen molar-refractivity contribution in [2.45, 2.75) is 27.2 Å². The van der Waals surface area contributed by atoms with Gasteiger partial charge >= 0.3 is 0 Å². The van der Waals surface area contributed by atoms with E-state index in [2.05, 4.69) is 32.2 Å². The molecule has 2 N–H and O–H groups in total. The summed E-state index contributed by atoms with van der Waals surface area (Å²) in [4.78, 5) is 13.2. The van der Waals surface area contributed by atoms with Crippen LogP contribution in [0.5, 0.6) is 0 Å². The van der Waals surface area contributed by atoms with Crippen molar-refractivity contribution in [3.05, 3.63) is 29.8 Å². The number of aryl methyl sites for hydroxylation is 1. The summed E-state index contributed by atoms with van der Waals surface area (Å²) in [5, 5.41) is 3.00. The molecule has 0 spiro atoms. The van der Waals surface area contributed by atoms with Crippen molar-refractivity contribution in [3.8, 4) is 0 Å². The van der Waals surface area contributed by atoms with Crippen LogP contribution in [0.2, 0.25) is 0 Å². The molecule has 0 bridgehead atoms. The Morgan fingerprint density at radius 1 is 1.17 bits per heavy atom. The number of amides is 1. The van der Waals surface area contributed by atoms with Gasteiger partial charge in [0.25, 0.3) is 5.91 Å². The zero-order valence-corrected chi connectivity index (χ0v) is 12.2. The summed E-state index contributed by atoms with van der Waals surface area (Å²) in [5.41, 5.74) is 2.14. The Bertz CT molecular complexity index is 365. The minimum Gasteiger partial charge on any atom is -1.00 e. The Labute approximate surface area is 116 Å². The maximum Gasteiger partial charge on any atom is 0.279 e. The van der Waals surface area contributed by atoms with E-state index in [1.54, 1.807) is 0 Å². The van der Waals surface area contributed by atoms with Crippen LogP contribution < -0.4 is 22.6 Å². The van der Waals surface area contributed by atoms with Crippen molar-refractivity contribution in [3.63, 3.8) is 0 Å². The number of rotatable bonds is 6. The fourth-order valence-corrected chi connectivity index (χ4v) is 1.87. The fraction of sp³-hybridized carbons (Fsp3) is 0.500. The van der Waals surface area contributed by atoms with Crippen LogP contribution in [0.3, 0.4) is 0 Å². The molecule has 0 aliphatic heterocycles. The van der Waals surface area contributed by atoms with Gasteiger partial charge in [0.2, 0.25) is 0 Å². The number of halogens is 1. The lowest BCUT2D eigenvalue weighted by atomic mass is 10.1. The summed E-state index contributed by atoms with van der Waals surface area (Å²) in [6, 6.07) is 7.98. The van der Waals surface area contributed by atoms with Gasteiger partial charge in [-0.05, 0) is 31.9 Å². The Kier molecular flexibility index (Phi) is 8.42. The van der Waals surface area contributed by atoms with Gasteiger partial charge in [-0.25, -0.2) is 0 Å². The Morgan fingerprint density at radius 2 is 1.78 bits per heavy atom. The fourth-order valence-electron chi connectivity index (χ4n) is 1.87. The van der Waals surface area contributed by atoms with Crippen LogP contribution >= 0.6 is 0 Å². The van der Waals surface area contributed by atoms with E-state index in [1.165, 1.54) is 10.5 Å². The average Bonchev–Trinajstić information content (AvgIpc) is 2.36. The van der Waals surface area contributed by atoms with Crippen LogP contribution in [0.1, 0.15) is 26.3 Å². The van der Waals surface area contributed by atoms with E-state index in [9.17, 15) is 4.79 Å². The minimum atomic E-state index is 0. The van der Waals surface area contributed by atoms with Crippen LogP contribution in [0.25, 0.3) is 0 Å². The number of likely N-dealkylation sites (N-methyl/N-ethyl adjacent to an activating group) is 1. The van der Waals surface area contributed by atoms with Crippen LogP contribution in [0.4, 0.5) is 5.69 Å². The summed E-state index contributed by atoms with van der Waals surface area (Å²) >= 11 is 0. The second-order valence-electron chi connectivity index (χ2n) is 4.19. The van der Waals surface area contributed by atoms with E-state index in [0.717, 1.165) is 25.2 Å². The van der Waals surface area contributed by atoms with Gasteiger partial charge in [0.15, 0.2) is 6.54 Å². The molecule has 1 rings (SSSR count). The van der Waals surface area contributed by atoms with Gasteiger partial charge in [-0.2, -0.15) is 0 Å². The number of carbonyl (C=O) groups is 1. The minimum absolute atomic E-state index is 0. The molecule has 0 saturated carbocycles. The first kappa shape index (κ1) is 16.9. The molecule has 1 aromatic rings. The molecule has 102 valence electrons. The van der Waals surface area contributed by atoms with E-state index < -0.39 is 0 Å². The van der Waals surface area contributed by atoms with Crippen molar-refractivity contribution in [2.24, 2.45) is 0 Å². The topological polar surface area (TPSA) is 33.5 Å². The molecule has 0 aliphatic carbocycles. The van der Waals surface area contributed by atoms with Gasteiger partial charge in [-0.3, -0.25) is 4.79 Å². The summed E-state index contributed by atoms with van der Waals surface area (Å²) < 4.78 is 0. The highest BCUT2D eigenvalue weighted by atomic mass is 35.5. The zero-order valence-electron chi connectivity index (χ0n) is 11.4. The maximum atomic E-state index is 11.9. The second kappa shape index (κ2) is 8.95. The lowest BCUT2D eigenvalue weighted by Gasteiger charge is -2.15. The number of para-hydroxylation sites is 1. The summed E-state index contributed by atoms with van der Waals surface area (Å²) in [7, 11) is 0. The molecule has 4 heteroatoms. The molecule has 0 saturated heterocycles. The van der Waals surface area contributed by atoms with Gasteiger partial charge in [-0.15, -0.1) is 0 Å². The smallest absolute Gasteiger partial charge is 0.279 e. The van der Waals surface area contributed by atoms with Crippen molar-refractivity contribution in [1.29, 1.82) is 0 Å². The van der Waals surface area contributed by atoms with Crippen LogP contribution in [0.15, 0.2) is 24.3 Å². The number of quaternary nitrogens is 1. The lowest BCUT2D eigenvalue weighted by molar-refractivity contribution is -0.888. The second-order valence-corrected chi connectivity index (χ2v) is 4.19. The zero-order chi connectivity index (χ0) is 12.7. The average molecular weight is 271 g/mol. The third-order valence-corrected chi connectivity index (χ3v) is 3.08. The largest absolute Gasteiger partial charge is 1.00 e. The Hall–Kier alpha value is -1.06. The molecule has 0 unspecified atom stereocenters. The SMILES string of the molecule is CCc1ccccc1NC(=O)C[NH+](CC)CC.[Cl-]. The van der Waals surface area contributed by atoms with E-state index in [0.29, 0.717) is 6.54 Å². The van der Waals surface area contributed by atoms with E-state index in [1.807, 2.05) is 18.2 Å². The van der Waals surface area contributed by atoms with Gasteiger partial charge in [-0.1, -0.05) is 25.1 Å². The monoisotopic (exact) mass is 270 g/mol. The lowest BCUT2D eigenvalue weighted by Crippen LogP contribution is -3.12. The number of nitrogens with one attached hydrogen (secondary N) is 2. The predicted molar refractivity (Wildman–Crippen MR) is 71.4 cm³/mol. The number of hydrogen-bond donors (Lipinski definition) is 2. The molecule has 1 aromatic carbocycles. The molecular formula is C14H23ClN2O. The Morgan fingerprint density at radius 3 is 2.33 bits per heavy atom. The maximum absolute atomic E-state index is 11.9. The molecular weight excluding hydrogens is 248 g/mol. The first-order valence-electron chi connectivity index (χ1n) is 6.42. The van der Waals surface area contributed by atoms with Crippen molar-refractivity contribution >= 4 is 11.6 Å². The van der Waals surface area contributed by atoms with E-state index >= 15 is 0 Å². The molecule has 1 amide bonds. The summed E-state index contributed by atoms with van der Waals surface area (Å²) in [6.45, 7) is 8.82. The number of hydrogen-bond acceptors (Lipinski definition) is 1. The third-order valence-electron chi connectivity index (χ3n) is 3.08. The highest BCUT2D eigenvalue weighted by Crippen LogP contribution is 2.14. The highest BCUT2D eigenvalue weighted by Gasteiger charge is 2.11. The van der Waals surface area contributed by atoms with E-state index in [4.69, 9.17) is 0 Å². The number of carbonyl (C=O) groups excluding carboxylic acids is 1. The number of benzene rings is 1. The molecule has 3 nitrogen and oxygen atoms in total. The molecule has 0 heterocycles. The van der Waals surface area contributed by atoms with Crippen LogP contribution in [-0.4, -0.2) is 25.5 Å². The van der Waals surface area contributed by atoms with Crippen molar-refractivity contribution in [2.75, 3.05) is 25.0 Å². The standard InChI is InChI=1S/C14H22N2O.ClH/c1-4-12-9-7-8-10-13(12)15-14(17)11-16(5-2)6-3;/h7-10H,4-6,11H2,1-3H3,(H,15,17);1H. The van der Waals surface area contributed by atoms with Gasteiger partial charge in [0.1, 0.15) is 0 Å². The molecule has 0 aromatic heterocycles. The first-order chi connectivity index (χ1) is 8.21. The molecule has 18 heavy (non-hydrogen) atoms. The Balaban J connectivity index is 0.00000289. The molecule has 0 fully saturated rings. The van der Waals surface area contributed by atoms with Gasteiger partial charge in [0, 0.05) is 5.69 Å². The molecule has 0 atom stereocenters. The number of anilines is 1. The summed E-state index contributed by atoms with van der Waals surface area (Å²) in [5.74, 6) is 0.101. The molecule has 0 aliphatic rings. The van der Waals surface area contributed by atoms with Gasteiger partial charge in [0.05, 0.1) is 13.1 Å². The van der Waals surface area contributed by atoms with Crippen molar-refractivity contribution < 1.29 is 22.1 Å². The predicted octanol–water partition coefficient (Wildman–Crippen LogP) is -1.88. The summed E-state index contributed by atoms with van der Waals surface area (Å²) in [6.07, 6.45) is 0.939. The first-order valence-corrected chi connectivity index (χ1v) is 6.42. The quantitative estimate of drug-likeness (QED) is 0.623.